The molecule has 0 aliphatic carbocycles. The molecule has 0 saturated carbocycles. The Morgan fingerprint density at radius 1 is 0.979 bits per heavy atom. The maximum absolute atomic E-state index is 14.2. The summed E-state index contributed by atoms with van der Waals surface area (Å²) in [6.07, 6.45) is 4.04. The molecule has 9 nitrogen and oxygen atoms in total. The molecule has 0 saturated heterocycles. The Labute approximate surface area is 272 Å². The van der Waals surface area contributed by atoms with Crippen LogP contribution in [0.4, 0.5) is 5.69 Å². The number of H-pyrrole nitrogens is 1. The van der Waals surface area contributed by atoms with E-state index in [9.17, 15) is 24.6 Å². The van der Waals surface area contributed by atoms with E-state index in [2.05, 4.69) is 5.10 Å². The molecular formula is C38H36N4O5. The SMILES string of the molecule is C[C@H](/C=C/CC(=O)N1Cc2ccccc2C[C@H]1CO)[C@@]1(O)C(=O)N(Cc2ccccc2)c2ccc(-n3[nH]c4ccccc4c3=O)cc21. The van der Waals surface area contributed by atoms with E-state index in [0.29, 0.717) is 40.8 Å². The van der Waals surface area contributed by atoms with Crippen LogP contribution in [0, 0.1) is 5.92 Å². The summed E-state index contributed by atoms with van der Waals surface area (Å²) < 4.78 is 1.42. The summed E-state index contributed by atoms with van der Waals surface area (Å²) in [6.45, 7) is 2.30. The second-order valence-corrected chi connectivity index (χ2v) is 12.4. The van der Waals surface area contributed by atoms with Gasteiger partial charge >= 0.3 is 0 Å². The summed E-state index contributed by atoms with van der Waals surface area (Å²) in [5.74, 6) is -1.33. The molecule has 3 atom stereocenters. The summed E-state index contributed by atoms with van der Waals surface area (Å²) in [4.78, 5) is 44.1. The summed E-state index contributed by atoms with van der Waals surface area (Å²) in [5.41, 5.74) is 3.03. The molecule has 4 aromatic carbocycles. The van der Waals surface area contributed by atoms with Crippen molar-refractivity contribution in [3.05, 3.63) is 142 Å². The molecule has 238 valence electrons. The average molecular weight is 629 g/mol. The number of hydrogen-bond acceptors (Lipinski definition) is 5. The number of aromatic nitrogens is 2. The Morgan fingerprint density at radius 3 is 2.47 bits per heavy atom. The standard InChI is InChI=1S/C38H36N4O5/c1-25(10-9-17-35(44)40-23-28-14-6-5-13-27(28)20-30(40)24-43)38(47)32-21-29(42-36(45)31-15-7-8-16-33(31)39-42)18-19-34(32)41(37(38)46)22-26-11-3-2-4-12-26/h2-16,18-19,21,25,30,39,43,47H,17,20,22-24H2,1H3/b10-9+/t25-,30+,38+/m1/s1. The first-order valence-electron chi connectivity index (χ1n) is 15.9. The Kier molecular flexibility index (Phi) is 7.87. The fraction of sp³-hybridized carbons (Fsp3) is 0.237. The molecule has 7 rings (SSSR count). The van der Waals surface area contributed by atoms with Crippen LogP contribution in [-0.2, 0) is 34.7 Å². The third-order valence-electron chi connectivity index (χ3n) is 9.55. The molecule has 3 N–H and O–H groups in total. The summed E-state index contributed by atoms with van der Waals surface area (Å²) in [5, 5.41) is 26.0. The highest BCUT2D eigenvalue weighted by Gasteiger charge is 2.52. The van der Waals surface area contributed by atoms with Crippen molar-refractivity contribution in [3.8, 4) is 5.69 Å². The van der Waals surface area contributed by atoms with Crippen molar-refractivity contribution in [2.75, 3.05) is 11.5 Å². The van der Waals surface area contributed by atoms with Gasteiger partial charge in [-0.1, -0.05) is 85.8 Å². The second kappa shape index (κ2) is 12.2. The lowest BCUT2D eigenvalue weighted by Crippen LogP contribution is -2.46. The van der Waals surface area contributed by atoms with Crippen LogP contribution in [0.2, 0.25) is 0 Å². The predicted molar refractivity (Wildman–Crippen MR) is 180 cm³/mol. The number of amides is 2. The van der Waals surface area contributed by atoms with Crippen molar-refractivity contribution in [3.63, 3.8) is 0 Å². The molecule has 0 spiro atoms. The molecule has 0 bridgehead atoms. The van der Waals surface area contributed by atoms with Gasteiger partial charge in [0.2, 0.25) is 5.91 Å². The number of carbonyl (C=O) groups is 2. The molecule has 1 aromatic heterocycles. The Hall–Kier alpha value is -5.25. The van der Waals surface area contributed by atoms with E-state index in [-0.39, 0.29) is 37.1 Å². The lowest BCUT2D eigenvalue weighted by atomic mass is 9.82. The molecule has 2 amide bonds. The molecule has 3 heterocycles. The van der Waals surface area contributed by atoms with E-state index in [1.165, 1.54) is 4.68 Å². The quantitative estimate of drug-likeness (QED) is 0.218. The largest absolute Gasteiger partial charge is 0.394 e. The molecular weight excluding hydrogens is 592 g/mol. The first-order chi connectivity index (χ1) is 22.8. The number of fused-ring (bicyclic) bond motifs is 3. The molecule has 2 aliphatic rings. The lowest BCUT2D eigenvalue weighted by molar-refractivity contribution is -0.139. The highest BCUT2D eigenvalue weighted by atomic mass is 16.3. The molecule has 0 unspecified atom stereocenters. The summed E-state index contributed by atoms with van der Waals surface area (Å²) in [7, 11) is 0. The maximum Gasteiger partial charge on any atom is 0.279 e. The number of aliphatic hydroxyl groups excluding tert-OH is 1. The van der Waals surface area contributed by atoms with Gasteiger partial charge in [0.1, 0.15) is 0 Å². The van der Waals surface area contributed by atoms with Crippen molar-refractivity contribution in [1.82, 2.24) is 14.7 Å². The minimum atomic E-state index is -1.95. The van der Waals surface area contributed by atoms with Gasteiger partial charge < -0.3 is 20.0 Å². The van der Waals surface area contributed by atoms with Crippen LogP contribution in [0.1, 0.15) is 35.6 Å². The number of aromatic amines is 1. The third-order valence-corrected chi connectivity index (χ3v) is 9.55. The Balaban J connectivity index is 1.20. The van der Waals surface area contributed by atoms with Gasteiger partial charge in [-0.25, -0.2) is 4.68 Å². The summed E-state index contributed by atoms with van der Waals surface area (Å²) in [6, 6.07) is 29.6. The van der Waals surface area contributed by atoms with E-state index in [1.54, 1.807) is 59.2 Å². The van der Waals surface area contributed by atoms with Gasteiger partial charge in [-0.2, -0.15) is 0 Å². The fourth-order valence-corrected chi connectivity index (χ4v) is 6.91. The van der Waals surface area contributed by atoms with Crippen LogP contribution >= 0.6 is 0 Å². The van der Waals surface area contributed by atoms with E-state index in [4.69, 9.17) is 0 Å². The fourth-order valence-electron chi connectivity index (χ4n) is 6.91. The average Bonchev–Trinajstić information content (AvgIpc) is 3.55. The van der Waals surface area contributed by atoms with Crippen molar-refractivity contribution in [1.29, 1.82) is 0 Å². The van der Waals surface area contributed by atoms with E-state index < -0.39 is 17.4 Å². The number of nitrogens with zero attached hydrogens (tertiary/aromatic N) is 3. The van der Waals surface area contributed by atoms with Crippen LogP contribution in [0.5, 0.6) is 0 Å². The van der Waals surface area contributed by atoms with Gasteiger partial charge in [-0.3, -0.25) is 19.5 Å². The first kappa shape index (κ1) is 30.4. The number of carbonyl (C=O) groups excluding carboxylic acids is 2. The van der Waals surface area contributed by atoms with Crippen LogP contribution in [0.15, 0.2) is 114 Å². The number of nitrogens with one attached hydrogen (secondary N) is 1. The van der Waals surface area contributed by atoms with Crippen molar-refractivity contribution in [2.24, 2.45) is 5.92 Å². The topological polar surface area (TPSA) is 119 Å². The highest BCUT2D eigenvalue weighted by molar-refractivity contribution is 6.07. The second-order valence-electron chi connectivity index (χ2n) is 12.4. The Bertz CT molecular complexity index is 2070. The van der Waals surface area contributed by atoms with Crippen molar-refractivity contribution < 1.29 is 19.8 Å². The molecule has 0 fully saturated rings. The maximum atomic E-state index is 14.2. The Morgan fingerprint density at radius 2 is 1.70 bits per heavy atom. The number of para-hydroxylation sites is 1. The third kappa shape index (κ3) is 5.27. The number of benzene rings is 4. The van der Waals surface area contributed by atoms with Gasteiger partial charge in [-0.05, 0) is 53.4 Å². The van der Waals surface area contributed by atoms with Gasteiger partial charge in [0.05, 0.1) is 41.5 Å². The zero-order valence-electron chi connectivity index (χ0n) is 26.0. The minimum Gasteiger partial charge on any atom is -0.394 e. The molecule has 2 aliphatic heterocycles. The monoisotopic (exact) mass is 628 g/mol. The van der Waals surface area contributed by atoms with E-state index in [0.717, 1.165) is 16.7 Å². The smallest absolute Gasteiger partial charge is 0.279 e. The van der Waals surface area contributed by atoms with Gasteiger partial charge in [0.25, 0.3) is 11.5 Å². The van der Waals surface area contributed by atoms with Crippen LogP contribution in [-0.4, -0.2) is 49.4 Å². The zero-order valence-corrected chi connectivity index (χ0v) is 26.0. The van der Waals surface area contributed by atoms with Crippen LogP contribution < -0.4 is 10.5 Å². The molecule has 5 aromatic rings. The number of rotatable bonds is 8. The lowest BCUT2D eigenvalue weighted by Gasteiger charge is -2.36. The van der Waals surface area contributed by atoms with E-state index in [1.807, 2.05) is 66.7 Å². The van der Waals surface area contributed by atoms with Crippen molar-refractivity contribution >= 4 is 28.4 Å². The number of aliphatic hydroxyl groups is 2. The molecule has 47 heavy (non-hydrogen) atoms. The van der Waals surface area contributed by atoms with Gasteiger partial charge in [0, 0.05) is 24.4 Å². The minimum absolute atomic E-state index is 0.0539. The van der Waals surface area contributed by atoms with Gasteiger partial charge in [-0.15, -0.1) is 0 Å². The zero-order chi connectivity index (χ0) is 32.7. The van der Waals surface area contributed by atoms with E-state index >= 15 is 0 Å². The predicted octanol–water partition coefficient (Wildman–Crippen LogP) is 4.58. The van der Waals surface area contributed by atoms with Crippen LogP contribution in [0.3, 0.4) is 0 Å². The molecule has 9 heteroatoms. The van der Waals surface area contributed by atoms with Crippen LogP contribution in [0.25, 0.3) is 16.6 Å². The first-order valence-corrected chi connectivity index (χ1v) is 15.9. The summed E-state index contributed by atoms with van der Waals surface area (Å²) >= 11 is 0. The highest BCUT2D eigenvalue weighted by Crippen LogP contribution is 2.46. The van der Waals surface area contributed by atoms with Crippen molar-refractivity contribution in [2.45, 2.75) is 44.5 Å². The molecule has 0 radical (unpaired) electrons. The number of hydrogen-bond donors (Lipinski definition) is 3. The normalized spacial score (nSPS) is 19.7. The van der Waals surface area contributed by atoms with Gasteiger partial charge in [0.15, 0.2) is 5.60 Å². The number of anilines is 1.